The minimum absolute atomic E-state index is 0. The van der Waals surface area contributed by atoms with Gasteiger partial charge in [0, 0.05) is 12.3 Å². The minimum Gasteiger partial charge on any atom is -0.317 e. The standard InChI is InChI=1S/C18H21N7O.ClH/c1-13-17(21-23-25(13)15-7-10-19-11-8-15)18(26)20-16-9-12-24(22-16)14-5-3-2-4-6-14;/h2-6,9,12,15,19H,7-8,10-11H2,1H3,(H,20,22,26);1H. The Bertz CT molecular complexity index is 900. The molecule has 8 nitrogen and oxygen atoms in total. The number of halogens is 1. The average molecular weight is 388 g/mol. The van der Waals surface area contributed by atoms with E-state index in [-0.39, 0.29) is 18.3 Å². The van der Waals surface area contributed by atoms with Crippen molar-refractivity contribution in [3.8, 4) is 5.69 Å². The van der Waals surface area contributed by atoms with Gasteiger partial charge in [-0.15, -0.1) is 17.5 Å². The molecule has 4 rings (SSSR count). The zero-order chi connectivity index (χ0) is 17.9. The van der Waals surface area contributed by atoms with Crippen molar-refractivity contribution in [3.05, 3.63) is 54.0 Å². The van der Waals surface area contributed by atoms with Gasteiger partial charge in [0.1, 0.15) is 0 Å². The van der Waals surface area contributed by atoms with Crippen LogP contribution in [0, 0.1) is 6.92 Å². The van der Waals surface area contributed by atoms with E-state index >= 15 is 0 Å². The fourth-order valence-electron chi connectivity index (χ4n) is 3.24. The predicted molar refractivity (Wildman–Crippen MR) is 105 cm³/mol. The molecular weight excluding hydrogens is 366 g/mol. The topological polar surface area (TPSA) is 89.7 Å². The highest BCUT2D eigenvalue weighted by atomic mass is 35.5. The molecule has 0 bridgehead atoms. The van der Waals surface area contributed by atoms with Gasteiger partial charge in [-0.25, -0.2) is 9.36 Å². The molecule has 1 aromatic carbocycles. The summed E-state index contributed by atoms with van der Waals surface area (Å²) in [5, 5.41) is 18.8. The molecule has 0 atom stereocenters. The van der Waals surface area contributed by atoms with Crippen LogP contribution in [-0.2, 0) is 0 Å². The summed E-state index contributed by atoms with van der Waals surface area (Å²) < 4.78 is 3.59. The number of amides is 1. The second-order valence-electron chi connectivity index (χ2n) is 6.38. The van der Waals surface area contributed by atoms with Gasteiger partial charge in [-0.2, -0.15) is 5.10 Å². The van der Waals surface area contributed by atoms with Crippen LogP contribution in [0.15, 0.2) is 42.6 Å². The van der Waals surface area contributed by atoms with E-state index in [4.69, 9.17) is 0 Å². The zero-order valence-corrected chi connectivity index (χ0v) is 15.8. The van der Waals surface area contributed by atoms with Gasteiger partial charge in [-0.3, -0.25) is 4.79 Å². The van der Waals surface area contributed by atoms with Crippen LogP contribution in [0.3, 0.4) is 0 Å². The molecule has 2 N–H and O–H groups in total. The summed E-state index contributed by atoms with van der Waals surface area (Å²) >= 11 is 0. The summed E-state index contributed by atoms with van der Waals surface area (Å²) in [5.74, 6) is 0.190. The molecule has 3 aromatic rings. The van der Waals surface area contributed by atoms with Crippen molar-refractivity contribution >= 4 is 24.1 Å². The van der Waals surface area contributed by atoms with Crippen LogP contribution in [0.1, 0.15) is 35.1 Å². The summed E-state index contributed by atoms with van der Waals surface area (Å²) in [7, 11) is 0. The van der Waals surface area contributed by atoms with Crippen molar-refractivity contribution in [2.24, 2.45) is 0 Å². The molecule has 0 saturated carbocycles. The van der Waals surface area contributed by atoms with Gasteiger partial charge in [0.05, 0.1) is 17.4 Å². The van der Waals surface area contributed by atoms with Gasteiger partial charge in [-0.05, 0) is 45.0 Å². The van der Waals surface area contributed by atoms with Crippen molar-refractivity contribution in [3.63, 3.8) is 0 Å². The maximum Gasteiger partial charge on any atom is 0.279 e. The van der Waals surface area contributed by atoms with E-state index in [0.717, 1.165) is 37.3 Å². The van der Waals surface area contributed by atoms with Gasteiger partial charge < -0.3 is 10.6 Å². The van der Waals surface area contributed by atoms with Crippen molar-refractivity contribution in [2.45, 2.75) is 25.8 Å². The predicted octanol–water partition coefficient (Wildman–Crippen LogP) is 2.37. The Kier molecular flexibility index (Phi) is 5.88. The molecule has 1 aliphatic heterocycles. The molecule has 1 aliphatic rings. The molecule has 142 valence electrons. The highest BCUT2D eigenvalue weighted by molar-refractivity contribution is 6.02. The summed E-state index contributed by atoms with van der Waals surface area (Å²) in [6.07, 6.45) is 3.79. The van der Waals surface area contributed by atoms with Crippen LogP contribution in [0.5, 0.6) is 0 Å². The molecule has 27 heavy (non-hydrogen) atoms. The highest BCUT2D eigenvalue weighted by Gasteiger charge is 2.23. The lowest BCUT2D eigenvalue weighted by Gasteiger charge is -2.23. The van der Waals surface area contributed by atoms with Crippen LogP contribution in [0.4, 0.5) is 5.82 Å². The number of carbonyl (C=O) groups is 1. The van der Waals surface area contributed by atoms with Gasteiger partial charge in [-0.1, -0.05) is 23.4 Å². The fraction of sp³-hybridized carbons (Fsp3) is 0.333. The third kappa shape index (κ3) is 4.01. The van der Waals surface area contributed by atoms with Crippen LogP contribution in [0.2, 0.25) is 0 Å². The molecule has 0 unspecified atom stereocenters. The van der Waals surface area contributed by atoms with Crippen molar-refractivity contribution in [1.82, 2.24) is 30.1 Å². The Hall–Kier alpha value is -2.71. The largest absolute Gasteiger partial charge is 0.317 e. The Labute approximate surface area is 163 Å². The normalized spacial score (nSPS) is 14.6. The van der Waals surface area contributed by atoms with E-state index in [9.17, 15) is 4.79 Å². The SMILES string of the molecule is Cc1c(C(=O)Nc2ccn(-c3ccccc3)n2)nnn1C1CCNCC1.Cl. The molecule has 0 radical (unpaired) electrons. The molecule has 1 saturated heterocycles. The van der Waals surface area contributed by atoms with Gasteiger partial charge in [0.25, 0.3) is 5.91 Å². The molecule has 2 aromatic heterocycles. The first-order valence-corrected chi connectivity index (χ1v) is 8.77. The highest BCUT2D eigenvalue weighted by Crippen LogP contribution is 2.20. The van der Waals surface area contributed by atoms with Crippen LogP contribution in [-0.4, -0.2) is 43.8 Å². The summed E-state index contributed by atoms with van der Waals surface area (Å²) in [4.78, 5) is 12.6. The van der Waals surface area contributed by atoms with Gasteiger partial charge in [0.2, 0.25) is 0 Å². The van der Waals surface area contributed by atoms with Crippen LogP contribution >= 0.6 is 12.4 Å². The van der Waals surface area contributed by atoms with Crippen molar-refractivity contribution in [2.75, 3.05) is 18.4 Å². The molecule has 0 aliphatic carbocycles. The first kappa shape index (κ1) is 19.1. The molecule has 9 heteroatoms. The Morgan fingerprint density at radius 1 is 1.19 bits per heavy atom. The average Bonchev–Trinajstić information content (AvgIpc) is 3.30. The first-order valence-electron chi connectivity index (χ1n) is 8.77. The molecule has 0 spiro atoms. The van der Waals surface area contributed by atoms with E-state index in [1.54, 1.807) is 10.7 Å². The summed E-state index contributed by atoms with van der Waals surface area (Å²) in [6.45, 7) is 3.81. The number of benzene rings is 1. The number of carbonyl (C=O) groups excluding carboxylic acids is 1. The number of nitrogens with zero attached hydrogens (tertiary/aromatic N) is 5. The monoisotopic (exact) mass is 387 g/mol. The summed E-state index contributed by atoms with van der Waals surface area (Å²) in [5.41, 5.74) is 2.07. The van der Waals surface area contributed by atoms with Gasteiger partial charge in [0.15, 0.2) is 11.5 Å². The molecule has 3 heterocycles. The number of rotatable bonds is 4. The molecular formula is C18H22ClN7O. The quantitative estimate of drug-likeness (QED) is 0.717. The van der Waals surface area contributed by atoms with Crippen LogP contribution in [0.25, 0.3) is 5.69 Å². The Morgan fingerprint density at radius 2 is 1.93 bits per heavy atom. The number of aromatic nitrogens is 5. The van der Waals surface area contributed by atoms with Crippen molar-refractivity contribution in [1.29, 1.82) is 0 Å². The lowest BCUT2D eigenvalue weighted by Crippen LogP contribution is -2.30. The van der Waals surface area contributed by atoms with Crippen molar-refractivity contribution < 1.29 is 4.79 Å². The third-order valence-corrected chi connectivity index (χ3v) is 4.65. The fourth-order valence-corrected chi connectivity index (χ4v) is 3.24. The number of hydrogen-bond acceptors (Lipinski definition) is 5. The molecule has 1 amide bonds. The van der Waals surface area contributed by atoms with E-state index in [0.29, 0.717) is 17.6 Å². The minimum atomic E-state index is -0.291. The second kappa shape index (κ2) is 8.32. The molecule has 1 fully saturated rings. The Morgan fingerprint density at radius 3 is 2.67 bits per heavy atom. The third-order valence-electron chi connectivity index (χ3n) is 4.65. The van der Waals surface area contributed by atoms with E-state index in [2.05, 4.69) is 26.0 Å². The number of nitrogens with one attached hydrogen (secondary N) is 2. The van der Waals surface area contributed by atoms with E-state index in [1.807, 2.05) is 48.1 Å². The first-order chi connectivity index (χ1) is 12.7. The van der Waals surface area contributed by atoms with Crippen LogP contribution < -0.4 is 10.6 Å². The van der Waals surface area contributed by atoms with E-state index in [1.165, 1.54) is 0 Å². The lowest BCUT2D eigenvalue weighted by atomic mass is 10.1. The number of hydrogen-bond donors (Lipinski definition) is 2. The van der Waals surface area contributed by atoms with E-state index < -0.39 is 0 Å². The van der Waals surface area contributed by atoms with Gasteiger partial charge >= 0.3 is 0 Å². The second-order valence-corrected chi connectivity index (χ2v) is 6.38. The lowest BCUT2D eigenvalue weighted by molar-refractivity contribution is 0.102. The maximum absolute atomic E-state index is 12.6. The Balaban J connectivity index is 0.00000210. The maximum atomic E-state index is 12.6. The number of piperidine rings is 1. The summed E-state index contributed by atoms with van der Waals surface area (Å²) in [6, 6.07) is 11.8. The zero-order valence-electron chi connectivity index (χ0n) is 15.0. The number of anilines is 1. The number of para-hydroxylation sites is 1. The smallest absolute Gasteiger partial charge is 0.279 e.